The summed E-state index contributed by atoms with van der Waals surface area (Å²) in [6.45, 7) is 5.70. The van der Waals surface area contributed by atoms with Crippen molar-refractivity contribution in [1.29, 1.82) is 5.26 Å². The van der Waals surface area contributed by atoms with E-state index >= 15 is 0 Å². The molecule has 0 aliphatic rings. The van der Waals surface area contributed by atoms with Gasteiger partial charge in [0.15, 0.2) is 0 Å². The lowest BCUT2D eigenvalue weighted by atomic mass is 10.0. The molecule has 1 aromatic heterocycles. The highest BCUT2D eigenvalue weighted by Gasteiger charge is 2.33. The molecule has 17 heavy (non-hydrogen) atoms. The van der Waals surface area contributed by atoms with Gasteiger partial charge in [0, 0.05) is 12.6 Å². The summed E-state index contributed by atoms with van der Waals surface area (Å²) in [5.41, 5.74) is -0.435. The molecule has 0 spiro atoms. The molecule has 0 atom stereocenters. The summed E-state index contributed by atoms with van der Waals surface area (Å²) in [6, 6.07) is 4.97. The van der Waals surface area contributed by atoms with E-state index in [4.69, 9.17) is 5.26 Å². The minimum atomic E-state index is -3.50. The number of thiophene rings is 1. The normalized spacial score (nSPS) is 12.7. The van der Waals surface area contributed by atoms with Crippen LogP contribution in [-0.2, 0) is 10.0 Å². The maximum Gasteiger partial charge on any atom is 0.252 e. The number of hydrogen-bond acceptors (Lipinski definition) is 4. The summed E-state index contributed by atoms with van der Waals surface area (Å²) < 4.78 is 26.2. The summed E-state index contributed by atoms with van der Waals surface area (Å²) in [5, 5.41) is 8.71. The van der Waals surface area contributed by atoms with Gasteiger partial charge in [-0.1, -0.05) is 6.92 Å². The second-order valence-corrected chi connectivity index (χ2v) is 7.65. The van der Waals surface area contributed by atoms with Gasteiger partial charge in [-0.25, -0.2) is 8.42 Å². The predicted octanol–water partition coefficient (Wildman–Crippen LogP) is 2.43. The molecule has 1 heterocycles. The summed E-state index contributed by atoms with van der Waals surface area (Å²) in [5.74, 6) is 0. The lowest BCUT2D eigenvalue weighted by Gasteiger charge is -2.33. The molecular weight excluding hydrogens is 256 g/mol. The zero-order valence-corrected chi connectivity index (χ0v) is 12.0. The van der Waals surface area contributed by atoms with E-state index in [1.54, 1.807) is 7.05 Å². The Morgan fingerprint density at radius 3 is 2.47 bits per heavy atom. The molecule has 0 fully saturated rings. The summed E-state index contributed by atoms with van der Waals surface area (Å²) in [7, 11) is -1.92. The minimum Gasteiger partial charge on any atom is -0.206 e. The first-order valence-corrected chi connectivity index (χ1v) is 7.50. The van der Waals surface area contributed by atoms with E-state index in [1.807, 2.05) is 26.8 Å². The van der Waals surface area contributed by atoms with Crippen LogP contribution in [0.2, 0.25) is 0 Å². The zero-order chi connectivity index (χ0) is 13.3. The summed E-state index contributed by atoms with van der Waals surface area (Å²) in [4.78, 5) is 0.409. The molecule has 1 rings (SSSR count). The third-order valence-corrected chi connectivity index (χ3v) is 6.55. The Labute approximate surface area is 107 Å². The second kappa shape index (κ2) is 4.77. The Morgan fingerprint density at radius 1 is 1.47 bits per heavy atom. The van der Waals surface area contributed by atoms with Crippen LogP contribution in [0.5, 0.6) is 0 Å². The van der Waals surface area contributed by atoms with Gasteiger partial charge in [0.05, 0.1) is 0 Å². The van der Waals surface area contributed by atoms with Gasteiger partial charge >= 0.3 is 0 Å². The first-order valence-electron chi connectivity index (χ1n) is 5.24. The Morgan fingerprint density at radius 2 is 2.06 bits per heavy atom. The van der Waals surface area contributed by atoms with Gasteiger partial charge in [0.2, 0.25) is 0 Å². The average Bonchev–Trinajstić information content (AvgIpc) is 2.77. The third-order valence-electron chi connectivity index (χ3n) is 3.02. The lowest BCUT2D eigenvalue weighted by molar-refractivity contribution is 0.257. The standard InChI is InChI=1S/C11H16N2O2S2/c1-5-11(2,3)13(4)17(14,15)10-7-6-9(8-12)16-10/h6-7H,5H2,1-4H3. The van der Waals surface area contributed by atoms with Crippen molar-refractivity contribution in [2.45, 2.75) is 36.9 Å². The topological polar surface area (TPSA) is 61.2 Å². The fraction of sp³-hybridized carbons (Fsp3) is 0.545. The van der Waals surface area contributed by atoms with Crippen molar-refractivity contribution in [2.75, 3.05) is 7.05 Å². The molecule has 0 aliphatic heterocycles. The van der Waals surface area contributed by atoms with Crippen molar-refractivity contribution in [3.8, 4) is 6.07 Å². The number of nitrogens with zero attached hydrogens (tertiary/aromatic N) is 2. The number of nitriles is 1. The maximum atomic E-state index is 12.3. The van der Waals surface area contributed by atoms with Crippen LogP contribution in [0.1, 0.15) is 32.1 Å². The van der Waals surface area contributed by atoms with Gasteiger partial charge in [0.1, 0.15) is 15.2 Å². The van der Waals surface area contributed by atoms with E-state index in [1.165, 1.54) is 16.4 Å². The second-order valence-electron chi connectivity index (χ2n) is 4.37. The van der Waals surface area contributed by atoms with E-state index in [-0.39, 0.29) is 4.21 Å². The van der Waals surface area contributed by atoms with E-state index in [2.05, 4.69) is 0 Å². The Balaban J connectivity index is 3.17. The number of rotatable bonds is 4. The van der Waals surface area contributed by atoms with Gasteiger partial charge in [-0.05, 0) is 32.4 Å². The molecule has 0 unspecified atom stereocenters. The Bertz CT molecular complexity index is 538. The fourth-order valence-corrected chi connectivity index (χ4v) is 4.05. The summed E-state index contributed by atoms with van der Waals surface area (Å²) >= 11 is 1.00. The molecule has 94 valence electrons. The van der Waals surface area contributed by atoms with Gasteiger partial charge < -0.3 is 0 Å². The smallest absolute Gasteiger partial charge is 0.206 e. The maximum absolute atomic E-state index is 12.3. The van der Waals surface area contributed by atoms with Crippen molar-refractivity contribution >= 4 is 21.4 Å². The largest absolute Gasteiger partial charge is 0.252 e. The minimum absolute atomic E-state index is 0.220. The Kier molecular flexibility index (Phi) is 3.97. The van der Waals surface area contributed by atoms with Crippen LogP contribution < -0.4 is 0 Å². The molecule has 1 aromatic rings. The van der Waals surface area contributed by atoms with Gasteiger partial charge in [-0.2, -0.15) is 9.57 Å². The molecule has 4 nitrogen and oxygen atoms in total. The lowest BCUT2D eigenvalue weighted by Crippen LogP contribution is -2.44. The van der Waals surface area contributed by atoms with Crippen molar-refractivity contribution in [1.82, 2.24) is 4.31 Å². The first-order chi connectivity index (χ1) is 7.75. The predicted molar refractivity (Wildman–Crippen MR) is 68.4 cm³/mol. The van der Waals surface area contributed by atoms with Crippen molar-refractivity contribution in [3.63, 3.8) is 0 Å². The molecule has 0 saturated carbocycles. The van der Waals surface area contributed by atoms with Crippen molar-refractivity contribution in [3.05, 3.63) is 17.0 Å². The quantitative estimate of drug-likeness (QED) is 0.845. The van der Waals surface area contributed by atoms with Gasteiger partial charge in [-0.3, -0.25) is 0 Å². The molecular formula is C11H16N2O2S2. The van der Waals surface area contributed by atoms with E-state index in [9.17, 15) is 8.42 Å². The zero-order valence-electron chi connectivity index (χ0n) is 10.4. The van der Waals surface area contributed by atoms with E-state index < -0.39 is 15.6 Å². The van der Waals surface area contributed by atoms with Crippen LogP contribution >= 0.6 is 11.3 Å². The highest BCUT2D eigenvalue weighted by atomic mass is 32.2. The van der Waals surface area contributed by atoms with Crippen molar-refractivity contribution < 1.29 is 8.42 Å². The average molecular weight is 272 g/mol. The molecule has 0 saturated heterocycles. The SMILES string of the molecule is CCC(C)(C)N(C)S(=O)(=O)c1ccc(C#N)s1. The van der Waals surface area contributed by atoms with Crippen LogP contribution in [0.4, 0.5) is 0 Å². The van der Waals surface area contributed by atoms with Crippen LogP contribution in [0, 0.1) is 11.3 Å². The van der Waals surface area contributed by atoms with Gasteiger partial charge in [0.25, 0.3) is 10.0 Å². The molecule has 0 bridgehead atoms. The van der Waals surface area contributed by atoms with Crippen LogP contribution in [0.3, 0.4) is 0 Å². The molecule has 0 N–H and O–H groups in total. The number of sulfonamides is 1. The molecule has 0 amide bonds. The monoisotopic (exact) mass is 272 g/mol. The van der Waals surface area contributed by atoms with Crippen molar-refractivity contribution in [2.24, 2.45) is 0 Å². The van der Waals surface area contributed by atoms with Crippen LogP contribution in [0.25, 0.3) is 0 Å². The molecule has 0 aromatic carbocycles. The summed E-state index contributed by atoms with van der Waals surface area (Å²) in [6.07, 6.45) is 0.721. The molecule has 0 radical (unpaired) electrons. The highest BCUT2D eigenvalue weighted by molar-refractivity contribution is 7.91. The first kappa shape index (κ1) is 14.2. The highest BCUT2D eigenvalue weighted by Crippen LogP contribution is 2.29. The number of hydrogen-bond donors (Lipinski definition) is 0. The molecule has 6 heteroatoms. The third kappa shape index (κ3) is 2.68. The van der Waals surface area contributed by atoms with Crippen LogP contribution in [-0.4, -0.2) is 25.3 Å². The Hall–Kier alpha value is -0.900. The van der Waals surface area contributed by atoms with E-state index in [0.29, 0.717) is 4.88 Å². The van der Waals surface area contributed by atoms with E-state index in [0.717, 1.165) is 17.8 Å². The molecule has 0 aliphatic carbocycles. The fourth-order valence-electron chi connectivity index (χ4n) is 1.20. The van der Waals surface area contributed by atoms with Gasteiger partial charge in [-0.15, -0.1) is 11.3 Å². The van der Waals surface area contributed by atoms with Crippen LogP contribution in [0.15, 0.2) is 16.3 Å².